The van der Waals surface area contributed by atoms with Crippen molar-refractivity contribution in [2.24, 2.45) is 0 Å². The highest BCUT2D eigenvalue weighted by Gasteiger charge is 2.43. The van der Waals surface area contributed by atoms with E-state index >= 15 is 0 Å². The molecule has 2 heterocycles. The molecule has 0 saturated carbocycles. The van der Waals surface area contributed by atoms with Gasteiger partial charge < -0.3 is 44.2 Å². The van der Waals surface area contributed by atoms with Crippen LogP contribution in [0.15, 0.2) is 11.0 Å². The van der Waals surface area contributed by atoms with E-state index in [4.69, 9.17) is 9.63 Å². The van der Waals surface area contributed by atoms with Crippen molar-refractivity contribution in [1.82, 2.24) is 9.55 Å². The molecule has 0 aliphatic carbocycles. The van der Waals surface area contributed by atoms with Crippen molar-refractivity contribution in [2.45, 2.75) is 38.1 Å². The Morgan fingerprint density at radius 1 is 1.30 bits per heavy atom. The molecule has 2 rings (SSSR count). The number of phosphoric ester groups is 1. The van der Waals surface area contributed by atoms with E-state index in [0.29, 0.717) is 0 Å². The minimum Gasteiger partial charge on any atom is -0.858 e. The second-order valence-corrected chi connectivity index (χ2v) is 10.0. The first-order chi connectivity index (χ1) is 13.5. The average molecular weight is 494 g/mol. The lowest BCUT2D eigenvalue weighted by atomic mass is 10.2. The summed E-state index contributed by atoms with van der Waals surface area (Å²) in [5, 5.41) is 31.1. The highest BCUT2D eigenvalue weighted by molar-refractivity contribution is 7.65. The molecule has 0 bridgehead atoms. The zero-order valence-electron chi connectivity index (χ0n) is 14.6. The minimum absolute atomic E-state index is 0.0399. The summed E-state index contributed by atoms with van der Waals surface area (Å²) in [5.41, 5.74) is -1.02. The third-order valence-electron chi connectivity index (χ3n) is 3.46. The number of rotatable bonds is 8. The highest BCUT2D eigenvalue weighted by Crippen LogP contribution is 2.63. The van der Waals surface area contributed by atoms with Crippen LogP contribution in [0.2, 0.25) is 0 Å². The molecule has 30 heavy (non-hydrogen) atoms. The molecule has 0 amide bonds. The van der Waals surface area contributed by atoms with Gasteiger partial charge in [-0.05, 0) is 18.4 Å². The Labute approximate surface area is 166 Å². The molecule has 0 aromatic carbocycles. The van der Waals surface area contributed by atoms with Crippen LogP contribution in [-0.2, 0) is 31.6 Å². The first-order valence-electron chi connectivity index (χ1n) is 7.55. The third kappa shape index (κ3) is 6.73. The van der Waals surface area contributed by atoms with E-state index in [0.717, 1.165) is 10.8 Å². The normalized spacial score (nSPS) is 27.4. The quantitative estimate of drug-likeness (QED) is 0.229. The van der Waals surface area contributed by atoms with Gasteiger partial charge in [0.05, 0.1) is 13.9 Å². The molecule has 1 saturated heterocycles. The molecule has 0 radical (unpaired) electrons. The van der Waals surface area contributed by atoms with E-state index in [-0.39, 0.29) is 5.56 Å². The van der Waals surface area contributed by atoms with Crippen LogP contribution in [0.3, 0.4) is 0 Å². The van der Waals surface area contributed by atoms with Gasteiger partial charge in [0.15, 0.2) is 6.29 Å². The van der Waals surface area contributed by atoms with Gasteiger partial charge in [-0.15, -0.1) is 0 Å². The lowest BCUT2D eigenvalue weighted by Crippen LogP contribution is -2.37. The fourth-order valence-corrected chi connectivity index (χ4v) is 5.29. The molecule has 1 fully saturated rings. The number of phosphoric acid groups is 3. The number of aliphatic hydroxyl groups is 2. The second kappa shape index (κ2) is 8.84. The molecule has 20 heteroatoms. The summed E-state index contributed by atoms with van der Waals surface area (Å²) in [7, 11) is -18.1. The average Bonchev–Trinajstić information content (AvgIpc) is 2.88. The maximum Gasteiger partial charge on any atom is 0.482 e. The molecule has 0 spiro atoms. The number of aromatic nitrogens is 2. The summed E-state index contributed by atoms with van der Waals surface area (Å²) in [6, 6.07) is 0. The minimum atomic E-state index is -6.13. The Hall–Kier alpha value is -1.03. The van der Waals surface area contributed by atoms with E-state index in [1.54, 1.807) is 0 Å². The van der Waals surface area contributed by atoms with Gasteiger partial charge in [0.2, 0.25) is 0 Å². The fourth-order valence-electron chi connectivity index (χ4n) is 2.34. The summed E-state index contributed by atoms with van der Waals surface area (Å²) in [6.07, 6.45) is -6.74. The number of nitrogens with zero attached hydrogens (tertiary/aromatic N) is 2. The van der Waals surface area contributed by atoms with Crippen LogP contribution in [0.25, 0.3) is 0 Å². The van der Waals surface area contributed by atoms with Crippen LogP contribution < -0.4 is 25.5 Å². The summed E-state index contributed by atoms with van der Waals surface area (Å²) in [6.45, 7) is 1.33. The maximum atomic E-state index is 11.8. The maximum absolute atomic E-state index is 11.8. The molecule has 1 aliphatic rings. The number of hydrogen-bond donors (Lipinski definition) is 3. The highest BCUT2D eigenvalue weighted by atomic mass is 31.3. The van der Waals surface area contributed by atoms with E-state index in [9.17, 15) is 48.5 Å². The van der Waals surface area contributed by atoms with Crippen LogP contribution in [-0.4, -0.2) is 43.2 Å². The van der Waals surface area contributed by atoms with Crippen LogP contribution in [0.1, 0.15) is 18.2 Å². The summed E-state index contributed by atoms with van der Waals surface area (Å²) in [4.78, 5) is 56.1. The topological polar surface area (TPSA) is 276 Å². The van der Waals surface area contributed by atoms with Crippen molar-refractivity contribution < 1.29 is 66.5 Å². The van der Waals surface area contributed by atoms with E-state index in [1.165, 1.54) is 6.92 Å². The smallest absolute Gasteiger partial charge is 0.482 e. The standard InChI is InChI=1S/C10H17N2O15P3/c1-4-3-12(10(16)11-8(4)14)6-2-5(13)7(24-6)9(15)25-29(20,21)27-30(22,23)26-28(17,18)19/h3,5-7,9,13,15H,2H2,1H3,(H,20,21)(H,22,23)(H,11,14,16)(H2,17,18,19)/p-4/t5-,6+,7-,9?/m0/s1. The monoisotopic (exact) mass is 494 g/mol. The number of aryl methyl sites for hydroxylation is 1. The van der Waals surface area contributed by atoms with Crippen molar-refractivity contribution in [1.29, 1.82) is 0 Å². The van der Waals surface area contributed by atoms with Crippen LogP contribution in [0, 0.1) is 6.92 Å². The Bertz CT molecular complexity index is 989. The van der Waals surface area contributed by atoms with Crippen LogP contribution in [0.5, 0.6) is 5.88 Å². The molecule has 1 aromatic heterocycles. The lowest BCUT2D eigenvalue weighted by Gasteiger charge is -2.33. The molecule has 3 unspecified atom stereocenters. The zero-order valence-corrected chi connectivity index (χ0v) is 17.3. The molecule has 17 nitrogen and oxygen atoms in total. The van der Waals surface area contributed by atoms with E-state index in [1.807, 2.05) is 0 Å². The third-order valence-corrected chi connectivity index (χ3v) is 7.18. The lowest BCUT2D eigenvalue weighted by molar-refractivity contribution is -0.334. The van der Waals surface area contributed by atoms with Crippen molar-refractivity contribution in [3.63, 3.8) is 0 Å². The Kier molecular flexibility index (Phi) is 7.44. The van der Waals surface area contributed by atoms with Gasteiger partial charge in [0, 0.05) is 12.6 Å². The second-order valence-electron chi connectivity index (χ2n) is 5.80. The van der Waals surface area contributed by atoms with Crippen molar-refractivity contribution >= 4 is 23.5 Å². The van der Waals surface area contributed by atoms with Gasteiger partial charge in [-0.3, -0.25) is 18.0 Å². The number of hydrogen-bond acceptors (Lipinski definition) is 15. The van der Waals surface area contributed by atoms with Crippen molar-refractivity contribution in [2.75, 3.05) is 0 Å². The SMILES string of the molecule is Cc1cn([C@H]2C[C@H](O)[C@@H](C(O)OP(=O)([O-])OP(=O)(O)OP(=O)([O-])[O-])O2)c(=O)nc1[O-]. The van der Waals surface area contributed by atoms with E-state index < -0.39 is 66.2 Å². The molecular formula is C10H13N2O15P3-4. The first-order valence-corrected chi connectivity index (χ1v) is 12.0. The van der Waals surface area contributed by atoms with Gasteiger partial charge in [0.25, 0.3) is 7.82 Å². The Morgan fingerprint density at radius 2 is 1.90 bits per heavy atom. The zero-order chi connectivity index (χ0) is 23.1. The number of aliphatic hydroxyl groups excluding tert-OH is 2. The molecule has 172 valence electrons. The Balaban J connectivity index is 2.10. The molecule has 1 aliphatic heterocycles. The van der Waals surface area contributed by atoms with Gasteiger partial charge in [-0.2, -0.15) is 0 Å². The molecular weight excluding hydrogens is 481 g/mol. The van der Waals surface area contributed by atoms with Crippen LogP contribution >= 0.6 is 23.5 Å². The van der Waals surface area contributed by atoms with Crippen molar-refractivity contribution in [3.05, 3.63) is 22.2 Å². The van der Waals surface area contributed by atoms with E-state index in [2.05, 4.69) is 18.1 Å². The summed E-state index contributed by atoms with van der Waals surface area (Å²) < 4.78 is 49.4. The van der Waals surface area contributed by atoms with Gasteiger partial charge in [-0.1, -0.05) is 0 Å². The fraction of sp³-hybridized carbons (Fsp3) is 0.600. The van der Waals surface area contributed by atoms with Gasteiger partial charge in [0.1, 0.15) is 12.3 Å². The Morgan fingerprint density at radius 3 is 2.47 bits per heavy atom. The predicted molar refractivity (Wildman–Crippen MR) is 81.5 cm³/mol. The molecule has 3 N–H and O–H groups in total. The van der Waals surface area contributed by atoms with Gasteiger partial charge >= 0.3 is 13.5 Å². The van der Waals surface area contributed by atoms with Crippen molar-refractivity contribution in [3.8, 4) is 5.88 Å². The first kappa shape index (κ1) is 25.2. The number of ether oxygens (including phenoxy) is 1. The molecule has 6 atom stereocenters. The van der Waals surface area contributed by atoms with Gasteiger partial charge in [-0.25, -0.2) is 18.7 Å². The van der Waals surface area contributed by atoms with Crippen LogP contribution in [0.4, 0.5) is 0 Å². The molecule has 1 aromatic rings. The summed E-state index contributed by atoms with van der Waals surface area (Å²) >= 11 is 0. The largest absolute Gasteiger partial charge is 0.858 e. The summed E-state index contributed by atoms with van der Waals surface area (Å²) in [5.74, 6) is -0.810. The predicted octanol–water partition coefficient (Wildman–Crippen LogP) is -3.96.